The monoisotopic (exact) mass is 363 g/mol. The van der Waals surface area contributed by atoms with Gasteiger partial charge in [-0.15, -0.1) is 0 Å². The molecule has 3 rings (SSSR count). The van der Waals surface area contributed by atoms with Crippen LogP contribution in [0.2, 0.25) is 0 Å². The van der Waals surface area contributed by atoms with E-state index in [0.29, 0.717) is 37.0 Å². The van der Waals surface area contributed by atoms with Gasteiger partial charge in [0.05, 0.1) is 0 Å². The summed E-state index contributed by atoms with van der Waals surface area (Å²) < 4.78 is 5.29. The van der Waals surface area contributed by atoms with Crippen LogP contribution in [0.15, 0.2) is 59.1 Å². The van der Waals surface area contributed by atoms with Gasteiger partial charge in [-0.1, -0.05) is 73.6 Å². The van der Waals surface area contributed by atoms with E-state index in [0.717, 1.165) is 17.5 Å². The number of aromatic nitrogens is 2. The number of rotatable bonds is 8. The van der Waals surface area contributed by atoms with Gasteiger partial charge >= 0.3 is 0 Å². The van der Waals surface area contributed by atoms with Crippen molar-refractivity contribution < 1.29 is 9.32 Å². The van der Waals surface area contributed by atoms with Gasteiger partial charge < -0.3 is 9.84 Å². The fourth-order valence-corrected chi connectivity index (χ4v) is 2.73. The van der Waals surface area contributed by atoms with Crippen molar-refractivity contribution in [3.63, 3.8) is 0 Å². The molecule has 0 aliphatic rings. The quantitative estimate of drug-likeness (QED) is 0.640. The third kappa shape index (κ3) is 5.51. The lowest BCUT2D eigenvalue weighted by molar-refractivity contribution is -0.121. The van der Waals surface area contributed by atoms with Gasteiger partial charge in [-0.2, -0.15) is 4.98 Å². The summed E-state index contributed by atoms with van der Waals surface area (Å²) in [6.07, 6.45) is 1.78. The molecule has 0 saturated carbocycles. The Morgan fingerprint density at radius 3 is 2.37 bits per heavy atom. The van der Waals surface area contributed by atoms with Gasteiger partial charge in [-0.3, -0.25) is 4.79 Å². The summed E-state index contributed by atoms with van der Waals surface area (Å²) >= 11 is 0. The van der Waals surface area contributed by atoms with Crippen molar-refractivity contribution >= 4 is 5.91 Å². The van der Waals surface area contributed by atoms with E-state index in [1.165, 1.54) is 5.56 Å². The number of nitrogens with zero attached hydrogens (tertiary/aromatic N) is 2. The highest BCUT2D eigenvalue weighted by molar-refractivity contribution is 5.76. The van der Waals surface area contributed by atoms with Gasteiger partial charge in [0.25, 0.3) is 0 Å². The number of carbonyl (C=O) groups is 1. The van der Waals surface area contributed by atoms with E-state index in [9.17, 15) is 4.79 Å². The standard InChI is InChI=1S/C22H25N3O2/c1-16(2)14-15-23-20(26)12-13-21-24-22(25-27-21)19-10-8-18(9-11-19)17-6-4-3-5-7-17/h3-11,16H,12-15H2,1-2H3,(H,23,26). The predicted octanol–water partition coefficient (Wildman–Crippen LogP) is 4.50. The van der Waals surface area contributed by atoms with Crippen LogP contribution in [0.25, 0.3) is 22.5 Å². The zero-order valence-electron chi connectivity index (χ0n) is 15.8. The van der Waals surface area contributed by atoms with Crippen LogP contribution in [-0.2, 0) is 11.2 Å². The van der Waals surface area contributed by atoms with Crippen molar-refractivity contribution in [3.05, 3.63) is 60.5 Å². The lowest BCUT2D eigenvalue weighted by atomic mass is 10.0. The van der Waals surface area contributed by atoms with E-state index in [-0.39, 0.29) is 5.91 Å². The second-order valence-electron chi connectivity index (χ2n) is 6.99. The number of nitrogens with one attached hydrogen (secondary N) is 1. The lowest BCUT2D eigenvalue weighted by Crippen LogP contribution is -2.25. The summed E-state index contributed by atoms with van der Waals surface area (Å²) in [4.78, 5) is 16.3. The number of hydrogen-bond donors (Lipinski definition) is 1. The van der Waals surface area contributed by atoms with Crippen LogP contribution in [-0.4, -0.2) is 22.6 Å². The molecule has 2 aromatic carbocycles. The Kier molecular flexibility index (Phi) is 6.36. The van der Waals surface area contributed by atoms with Crippen LogP contribution < -0.4 is 5.32 Å². The number of benzene rings is 2. The molecule has 0 fully saturated rings. The zero-order chi connectivity index (χ0) is 19.1. The molecule has 0 unspecified atom stereocenters. The maximum absolute atomic E-state index is 11.8. The maximum atomic E-state index is 11.8. The molecule has 5 heteroatoms. The van der Waals surface area contributed by atoms with Gasteiger partial charge in [0.2, 0.25) is 17.6 Å². The van der Waals surface area contributed by atoms with Crippen LogP contribution in [0, 0.1) is 5.92 Å². The molecule has 0 aliphatic carbocycles. The molecule has 0 spiro atoms. The molecule has 0 aliphatic heterocycles. The van der Waals surface area contributed by atoms with Crippen molar-refractivity contribution in [2.75, 3.05) is 6.54 Å². The van der Waals surface area contributed by atoms with Crippen LogP contribution in [0.3, 0.4) is 0 Å². The molecule has 0 saturated heterocycles. The highest BCUT2D eigenvalue weighted by Crippen LogP contribution is 2.23. The minimum absolute atomic E-state index is 0.0163. The first-order chi connectivity index (χ1) is 13.1. The molecule has 140 valence electrons. The summed E-state index contributed by atoms with van der Waals surface area (Å²) in [5.41, 5.74) is 3.20. The summed E-state index contributed by atoms with van der Waals surface area (Å²) in [5, 5.41) is 6.95. The van der Waals surface area contributed by atoms with Crippen molar-refractivity contribution in [1.29, 1.82) is 0 Å². The van der Waals surface area contributed by atoms with E-state index in [4.69, 9.17) is 4.52 Å². The SMILES string of the molecule is CC(C)CCNC(=O)CCc1nc(-c2ccc(-c3ccccc3)cc2)no1. The first-order valence-corrected chi connectivity index (χ1v) is 9.37. The van der Waals surface area contributed by atoms with Gasteiger partial charge in [0.1, 0.15) is 0 Å². The van der Waals surface area contributed by atoms with Gasteiger partial charge in [0, 0.05) is 24.9 Å². The van der Waals surface area contributed by atoms with E-state index in [1.807, 2.05) is 42.5 Å². The highest BCUT2D eigenvalue weighted by Gasteiger charge is 2.11. The van der Waals surface area contributed by atoms with E-state index < -0.39 is 0 Å². The number of carbonyl (C=O) groups excluding carboxylic acids is 1. The highest BCUT2D eigenvalue weighted by atomic mass is 16.5. The summed E-state index contributed by atoms with van der Waals surface area (Å²) in [6, 6.07) is 18.3. The minimum atomic E-state index is 0.0163. The van der Waals surface area contributed by atoms with Crippen molar-refractivity contribution in [3.8, 4) is 22.5 Å². The molecule has 1 heterocycles. The normalized spacial score (nSPS) is 10.9. The summed E-state index contributed by atoms with van der Waals surface area (Å²) in [5.74, 6) is 1.63. The van der Waals surface area contributed by atoms with Crippen molar-refractivity contribution in [2.24, 2.45) is 5.92 Å². The summed E-state index contributed by atoms with van der Waals surface area (Å²) in [6.45, 7) is 4.98. The molecule has 5 nitrogen and oxygen atoms in total. The lowest BCUT2D eigenvalue weighted by Gasteiger charge is -2.05. The van der Waals surface area contributed by atoms with Crippen molar-refractivity contribution in [2.45, 2.75) is 33.1 Å². The van der Waals surface area contributed by atoms with Gasteiger partial charge in [-0.25, -0.2) is 0 Å². The molecule has 27 heavy (non-hydrogen) atoms. The molecular weight excluding hydrogens is 338 g/mol. The third-order valence-electron chi connectivity index (χ3n) is 4.33. The smallest absolute Gasteiger partial charge is 0.227 e. The van der Waals surface area contributed by atoms with E-state index in [1.54, 1.807) is 0 Å². The molecule has 0 atom stereocenters. The Hall–Kier alpha value is -2.95. The molecule has 1 aromatic heterocycles. The molecule has 0 bridgehead atoms. The topological polar surface area (TPSA) is 68.0 Å². The Morgan fingerprint density at radius 1 is 1.00 bits per heavy atom. The van der Waals surface area contributed by atoms with Crippen LogP contribution >= 0.6 is 0 Å². The zero-order valence-corrected chi connectivity index (χ0v) is 15.8. The second kappa shape index (κ2) is 9.12. The fourth-order valence-electron chi connectivity index (χ4n) is 2.73. The van der Waals surface area contributed by atoms with E-state index in [2.05, 4.69) is 41.4 Å². The van der Waals surface area contributed by atoms with Crippen LogP contribution in [0.1, 0.15) is 32.6 Å². The molecule has 3 aromatic rings. The first kappa shape index (κ1) is 18.8. The fraction of sp³-hybridized carbons (Fsp3) is 0.318. The molecular formula is C22H25N3O2. The van der Waals surface area contributed by atoms with Crippen molar-refractivity contribution in [1.82, 2.24) is 15.5 Å². The van der Waals surface area contributed by atoms with Gasteiger partial charge in [-0.05, 0) is 23.5 Å². The Labute approximate surface area is 159 Å². The van der Waals surface area contributed by atoms with Gasteiger partial charge in [0.15, 0.2) is 0 Å². The number of aryl methyl sites for hydroxylation is 1. The maximum Gasteiger partial charge on any atom is 0.227 e. The summed E-state index contributed by atoms with van der Waals surface area (Å²) in [7, 11) is 0. The Morgan fingerprint density at radius 2 is 1.67 bits per heavy atom. The van der Waals surface area contributed by atoms with E-state index >= 15 is 0 Å². The average Bonchev–Trinajstić information content (AvgIpc) is 3.16. The molecule has 0 radical (unpaired) electrons. The second-order valence-corrected chi connectivity index (χ2v) is 6.99. The third-order valence-corrected chi connectivity index (χ3v) is 4.33. The first-order valence-electron chi connectivity index (χ1n) is 9.37. The minimum Gasteiger partial charge on any atom is -0.356 e. The average molecular weight is 363 g/mol. The van der Waals surface area contributed by atoms with Crippen LogP contribution in [0.4, 0.5) is 0 Å². The Balaban J connectivity index is 1.55. The Bertz CT molecular complexity index is 855. The molecule has 1 amide bonds. The number of amides is 1. The molecule has 1 N–H and O–H groups in total. The largest absolute Gasteiger partial charge is 0.356 e. The predicted molar refractivity (Wildman–Crippen MR) is 106 cm³/mol. The van der Waals surface area contributed by atoms with Crippen LogP contribution in [0.5, 0.6) is 0 Å². The number of hydrogen-bond acceptors (Lipinski definition) is 4.